The van der Waals surface area contributed by atoms with E-state index in [0.717, 1.165) is 0 Å². The van der Waals surface area contributed by atoms with Crippen molar-refractivity contribution in [3.63, 3.8) is 0 Å². The van der Waals surface area contributed by atoms with E-state index in [1.54, 1.807) is 25.5 Å². The number of hydrogen-bond acceptors (Lipinski definition) is 6. The number of aromatic amines is 1. The standard InChI is InChI=1S/C14H22N6O4S2/c1-11-14(12(2)17-16-11)26(23,24)20-6-4-5-19(7-8-20)25(21,22)13-9-18(3)10-15-13/h9-10H,4-8H2,1-3H3,(H,16,17). The molecule has 0 unspecified atom stereocenters. The quantitative estimate of drug-likeness (QED) is 0.759. The molecule has 2 aromatic rings. The topological polar surface area (TPSA) is 121 Å². The van der Waals surface area contributed by atoms with Crippen LogP contribution >= 0.6 is 0 Å². The number of hydrogen-bond donors (Lipinski definition) is 1. The number of rotatable bonds is 4. The van der Waals surface area contributed by atoms with Gasteiger partial charge in [0.05, 0.1) is 17.7 Å². The smallest absolute Gasteiger partial charge is 0.262 e. The van der Waals surface area contributed by atoms with Gasteiger partial charge in [-0.05, 0) is 20.3 Å². The Morgan fingerprint density at radius 1 is 1.00 bits per heavy atom. The van der Waals surface area contributed by atoms with Crippen LogP contribution in [0.5, 0.6) is 0 Å². The van der Waals surface area contributed by atoms with Gasteiger partial charge in [0, 0.05) is 39.4 Å². The lowest BCUT2D eigenvalue weighted by atomic mass is 10.4. The molecule has 1 aliphatic heterocycles. The number of aryl methyl sites for hydroxylation is 3. The van der Waals surface area contributed by atoms with Crippen molar-refractivity contribution in [1.29, 1.82) is 0 Å². The highest BCUT2D eigenvalue weighted by Gasteiger charge is 2.34. The molecule has 0 aromatic carbocycles. The minimum Gasteiger partial charge on any atom is -0.339 e. The van der Waals surface area contributed by atoms with Gasteiger partial charge in [-0.3, -0.25) is 5.10 Å². The van der Waals surface area contributed by atoms with Crippen molar-refractivity contribution in [2.45, 2.75) is 30.2 Å². The molecule has 144 valence electrons. The number of sulfonamides is 2. The van der Waals surface area contributed by atoms with Crippen molar-refractivity contribution in [1.82, 2.24) is 28.4 Å². The van der Waals surface area contributed by atoms with Gasteiger partial charge < -0.3 is 4.57 Å². The molecule has 1 N–H and O–H groups in total. The predicted octanol–water partition coefficient (Wildman–Crippen LogP) is -0.155. The Morgan fingerprint density at radius 2 is 1.62 bits per heavy atom. The van der Waals surface area contributed by atoms with E-state index < -0.39 is 20.0 Å². The normalized spacial score (nSPS) is 18.1. The molecular formula is C14H22N6O4S2. The third-order valence-electron chi connectivity index (χ3n) is 4.36. The zero-order valence-electron chi connectivity index (χ0n) is 14.9. The lowest BCUT2D eigenvalue weighted by molar-refractivity contribution is 0.403. The molecule has 3 heterocycles. The van der Waals surface area contributed by atoms with Gasteiger partial charge in [0.2, 0.25) is 10.0 Å². The van der Waals surface area contributed by atoms with E-state index >= 15 is 0 Å². The Bertz CT molecular complexity index is 989. The van der Waals surface area contributed by atoms with Crippen LogP contribution in [0.15, 0.2) is 22.4 Å². The second-order valence-electron chi connectivity index (χ2n) is 6.30. The summed E-state index contributed by atoms with van der Waals surface area (Å²) in [6.45, 7) is 3.94. The van der Waals surface area contributed by atoms with E-state index in [0.29, 0.717) is 17.8 Å². The van der Waals surface area contributed by atoms with Crippen molar-refractivity contribution in [3.05, 3.63) is 23.9 Å². The van der Waals surface area contributed by atoms with Crippen LogP contribution in [0.3, 0.4) is 0 Å². The SMILES string of the molecule is Cc1n[nH]c(C)c1S(=O)(=O)N1CCCN(S(=O)(=O)c2cn(C)cn2)CC1. The van der Waals surface area contributed by atoms with Gasteiger partial charge in [-0.1, -0.05) is 0 Å². The van der Waals surface area contributed by atoms with E-state index in [4.69, 9.17) is 0 Å². The first-order valence-corrected chi connectivity index (χ1v) is 11.0. The Labute approximate surface area is 152 Å². The van der Waals surface area contributed by atoms with Crippen LogP contribution in [0, 0.1) is 13.8 Å². The predicted molar refractivity (Wildman–Crippen MR) is 93.4 cm³/mol. The van der Waals surface area contributed by atoms with E-state index in [2.05, 4.69) is 15.2 Å². The van der Waals surface area contributed by atoms with Crippen LogP contribution in [0.2, 0.25) is 0 Å². The van der Waals surface area contributed by atoms with Crippen LogP contribution in [0.25, 0.3) is 0 Å². The molecule has 0 saturated carbocycles. The molecule has 0 spiro atoms. The summed E-state index contributed by atoms with van der Waals surface area (Å²) in [6, 6.07) is 0. The van der Waals surface area contributed by atoms with Crippen molar-refractivity contribution in [2.24, 2.45) is 7.05 Å². The summed E-state index contributed by atoms with van der Waals surface area (Å²) in [5, 5.41) is 6.60. The monoisotopic (exact) mass is 402 g/mol. The highest BCUT2D eigenvalue weighted by atomic mass is 32.2. The average molecular weight is 403 g/mol. The fraction of sp³-hybridized carbons (Fsp3) is 0.571. The minimum absolute atomic E-state index is 0.0298. The van der Waals surface area contributed by atoms with Crippen molar-refractivity contribution in [3.8, 4) is 0 Å². The van der Waals surface area contributed by atoms with Crippen LogP contribution in [-0.4, -0.2) is 71.4 Å². The summed E-state index contributed by atoms with van der Waals surface area (Å²) < 4.78 is 55.5. The fourth-order valence-electron chi connectivity index (χ4n) is 3.05. The molecule has 0 aliphatic carbocycles. The van der Waals surface area contributed by atoms with E-state index in [-0.39, 0.29) is 36.1 Å². The lowest BCUT2D eigenvalue weighted by Gasteiger charge is -2.21. The van der Waals surface area contributed by atoms with E-state index in [1.165, 1.54) is 21.1 Å². The highest BCUT2D eigenvalue weighted by Crippen LogP contribution is 2.24. The first-order chi connectivity index (χ1) is 12.1. The molecule has 1 fully saturated rings. The number of nitrogens with one attached hydrogen (secondary N) is 1. The largest absolute Gasteiger partial charge is 0.339 e. The van der Waals surface area contributed by atoms with Gasteiger partial charge >= 0.3 is 0 Å². The first-order valence-electron chi connectivity index (χ1n) is 8.14. The summed E-state index contributed by atoms with van der Waals surface area (Å²) in [5.41, 5.74) is 0.884. The molecule has 26 heavy (non-hydrogen) atoms. The van der Waals surface area contributed by atoms with Gasteiger partial charge in [-0.2, -0.15) is 13.7 Å². The summed E-state index contributed by atoms with van der Waals surface area (Å²) in [6.07, 6.45) is 3.26. The van der Waals surface area contributed by atoms with Gasteiger partial charge in [-0.25, -0.2) is 21.8 Å². The van der Waals surface area contributed by atoms with Crippen molar-refractivity contribution in [2.75, 3.05) is 26.2 Å². The second-order valence-corrected chi connectivity index (χ2v) is 10.1. The molecular weight excluding hydrogens is 380 g/mol. The summed E-state index contributed by atoms with van der Waals surface area (Å²) in [5.74, 6) is 0. The molecule has 3 rings (SSSR count). The summed E-state index contributed by atoms with van der Waals surface area (Å²) in [7, 11) is -5.78. The number of H-pyrrole nitrogens is 1. The average Bonchev–Trinajstić information content (AvgIpc) is 3.04. The summed E-state index contributed by atoms with van der Waals surface area (Å²) in [4.78, 5) is 4.08. The zero-order valence-corrected chi connectivity index (χ0v) is 16.5. The molecule has 1 aliphatic rings. The Hall–Kier alpha value is -1.76. The molecule has 0 bridgehead atoms. The van der Waals surface area contributed by atoms with Crippen LogP contribution in [-0.2, 0) is 27.1 Å². The Kier molecular flexibility index (Phi) is 4.94. The van der Waals surface area contributed by atoms with Gasteiger partial charge in [-0.15, -0.1) is 0 Å². The van der Waals surface area contributed by atoms with Crippen LogP contribution in [0.4, 0.5) is 0 Å². The van der Waals surface area contributed by atoms with Crippen molar-refractivity contribution < 1.29 is 16.8 Å². The Morgan fingerprint density at radius 3 is 2.12 bits per heavy atom. The maximum absolute atomic E-state index is 13.0. The van der Waals surface area contributed by atoms with Gasteiger partial charge in [0.1, 0.15) is 4.90 Å². The van der Waals surface area contributed by atoms with Crippen molar-refractivity contribution >= 4 is 20.0 Å². The van der Waals surface area contributed by atoms with Gasteiger partial charge in [0.25, 0.3) is 10.0 Å². The number of imidazole rings is 1. The molecule has 1 saturated heterocycles. The van der Waals surface area contributed by atoms with Crippen LogP contribution < -0.4 is 0 Å². The number of aromatic nitrogens is 4. The maximum Gasteiger partial charge on any atom is 0.262 e. The number of nitrogens with zero attached hydrogens (tertiary/aromatic N) is 5. The molecule has 12 heteroatoms. The van der Waals surface area contributed by atoms with Gasteiger partial charge in [0.15, 0.2) is 5.03 Å². The minimum atomic E-state index is -3.74. The molecule has 0 radical (unpaired) electrons. The second kappa shape index (κ2) is 6.76. The molecule has 2 aromatic heterocycles. The molecule has 10 nitrogen and oxygen atoms in total. The first kappa shape index (κ1) is 19.0. The lowest BCUT2D eigenvalue weighted by Crippen LogP contribution is -2.37. The highest BCUT2D eigenvalue weighted by molar-refractivity contribution is 7.89. The Balaban J connectivity index is 1.83. The zero-order chi connectivity index (χ0) is 19.1. The maximum atomic E-state index is 13.0. The third-order valence-corrected chi connectivity index (χ3v) is 8.30. The van der Waals surface area contributed by atoms with Crippen LogP contribution in [0.1, 0.15) is 17.8 Å². The van der Waals surface area contributed by atoms with E-state index in [9.17, 15) is 16.8 Å². The fourth-order valence-corrected chi connectivity index (χ4v) is 6.29. The molecule has 0 amide bonds. The van der Waals surface area contributed by atoms with E-state index in [1.807, 2.05) is 0 Å². The third kappa shape index (κ3) is 3.29. The summed E-state index contributed by atoms with van der Waals surface area (Å²) >= 11 is 0. The molecule has 0 atom stereocenters.